The molecule has 0 saturated heterocycles. The summed E-state index contributed by atoms with van der Waals surface area (Å²) in [7, 11) is 0. The Bertz CT molecular complexity index is 365. The van der Waals surface area contributed by atoms with Crippen LogP contribution in [0.15, 0.2) is 30.3 Å². The van der Waals surface area contributed by atoms with Gasteiger partial charge in [0.15, 0.2) is 0 Å². The Hall–Kier alpha value is -1.88. The molecule has 0 spiro atoms. The monoisotopic (exact) mass is 236 g/mol. The summed E-state index contributed by atoms with van der Waals surface area (Å²) in [6, 6.07) is 9.18. The van der Waals surface area contributed by atoms with Gasteiger partial charge in [0.2, 0.25) is 0 Å². The van der Waals surface area contributed by atoms with E-state index in [9.17, 15) is 9.59 Å². The summed E-state index contributed by atoms with van der Waals surface area (Å²) in [5, 5.41) is 2.43. The summed E-state index contributed by atoms with van der Waals surface area (Å²) in [5.41, 5.74) is 6.10. The molecule has 0 aromatic heterocycles. The zero-order valence-electron chi connectivity index (χ0n) is 9.52. The van der Waals surface area contributed by atoms with Gasteiger partial charge < -0.3 is 15.8 Å². The average molecular weight is 236 g/mol. The minimum Gasteiger partial charge on any atom is -0.454 e. The van der Waals surface area contributed by atoms with E-state index in [2.05, 4.69) is 5.32 Å². The first-order valence-electron chi connectivity index (χ1n) is 5.43. The quantitative estimate of drug-likeness (QED) is 0.434. The number of rotatable bonds is 5. The molecule has 5 nitrogen and oxygen atoms in total. The number of hydrogen-bond acceptors (Lipinski definition) is 4. The van der Waals surface area contributed by atoms with Crippen molar-refractivity contribution in [2.75, 3.05) is 13.1 Å². The second-order valence-electron chi connectivity index (χ2n) is 3.46. The molecule has 0 radical (unpaired) electrons. The van der Waals surface area contributed by atoms with E-state index in [1.54, 1.807) is 0 Å². The minimum atomic E-state index is -0.870. The Balaban J connectivity index is 2.27. The molecule has 0 aliphatic carbocycles. The highest BCUT2D eigenvalue weighted by atomic mass is 16.5. The van der Waals surface area contributed by atoms with Crippen molar-refractivity contribution in [2.24, 2.45) is 5.73 Å². The first-order valence-corrected chi connectivity index (χ1v) is 5.43. The zero-order valence-corrected chi connectivity index (χ0v) is 9.52. The van der Waals surface area contributed by atoms with E-state index in [1.807, 2.05) is 30.3 Å². The molecule has 1 rings (SSSR count). The summed E-state index contributed by atoms with van der Waals surface area (Å²) in [6.45, 7) is 0.957. The number of esters is 1. The molecule has 0 aliphatic rings. The molecular formula is C12H16N2O3. The SMILES string of the molecule is NCCCNC(=O)C(=O)OCc1ccccc1. The second kappa shape index (κ2) is 7.40. The third-order valence-electron chi connectivity index (χ3n) is 2.06. The number of hydrogen-bond donors (Lipinski definition) is 2. The van der Waals surface area contributed by atoms with Crippen molar-refractivity contribution in [3.63, 3.8) is 0 Å². The van der Waals surface area contributed by atoms with Gasteiger partial charge in [-0.3, -0.25) is 4.79 Å². The van der Waals surface area contributed by atoms with Gasteiger partial charge in [-0.2, -0.15) is 0 Å². The third-order valence-corrected chi connectivity index (χ3v) is 2.06. The third kappa shape index (κ3) is 5.12. The van der Waals surface area contributed by atoms with Crippen LogP contribution in [0.5, 0.6) is 0 Å². The lowest BCUT2D eigenvalue weighted by Gasteiger charge is -2.05. The van der Waals surface area contributed by atoms with Crippen molar-refractivity contribution in [2.45, 2.75) is 13.0 Å². The molecule has 92 valence electrons. The van der Waals surface area contributed by atoms with Gasteiger partial charge >= 0.3 is 11.9 Å². The Morgan fingerprint density at radius 3 is 2.59 bits per heavy atom. The molecule has 1 amide bonds. The van der Waals surface area contributed by atoms with E-state index in [0.29, 0.717) is 19.5 Å². The molecule has 0 saturated carbocycles. The molecule has 0 fully saturated rings. The van der Waals surface area contributed by atoms with Crippen LogP contribution in [0, 0.1) is 0 Å². The largest absolute Gasteiger partial charge is 0.454 e. The molecule has 0 heterocycles. The minimum absolute atomic E-state index is 0.101. The lowest BCUT2D eigenvalue weighted by Crippen LogP contribution is -2.33. The van der Waals surface area contributed by atoms with E-state index in [4.69, 9.17) is 10.5 Å². The molecule has 3 N–H and O–H groups in total. The van der Waals surface area contributed by atoms with Crippen LogP contribution in [-0.2, 0) is 20.9 Å². The van der Waals surface area contributed by atoms with Crippen LogP contribution in [0.4, 0.5) is 0 Å². The van der Waals surface area contributed by atoms with Crippen molar-refractivity contribution in [1.82, 2.24) is 5.32 Å². The number of nitrogens with two attached hydrogens (primary N) is 1. The zero-order chi connectivity index (χ0) is 12.5. The molecular weight excluding hydrogens is 220 g/mol. The molecule has 5 heteroatoms. The van der Waals surface area contributed by atoms with Crippen LogP contribution < -0.4 is 11.1 Å². The molecule has 0 bridgehead atoms. The Morgan fingerprint density at radius 1 is 1.24 bits per heavy atom. The maximum absolute atomic E-state index is 11.2. The van der Waals surface area contributed by atoms with Gasteiger partial charge in [0, 0.05) is 6.54 Å². The van der Waals surface area contributed by atoms with Gasteiger partial charge in [0.25, 0.3) is 0 Å². The van der Waals surface area contributed by atoms with E-state index < -0.39 is 11.9 Å². The number of benzene rings is 1. The fraction of sp³-hybridized carbons (Fsp3) is 0.333. The fourth-order valence-electron chi connectivity index (χ4n) is 1.16. The predicted molar refractivity (Wildman–Crippen MR) is 62.9 cm³/mol. The summed E-state index contributed by atoms with van der Waals surface area (Å²) >= 11 is 0. The highest BCUT2D eigenvalue weighted by Crippen LogP contribution is 2.00. The summed E-state index contributed by atoms with van der Waals surface area (Å²) < 4.78 is 4.84. The van der Waals surface area contributed by atoms with Gasteiger partial charge in [-0.25, -0.2) is 4.79 Å². The van der Waals surface area contributed by atoms with E-state index in [0.717, 1.165) is 5.56 Å². The Kier molecular flexibility index (Phi) is 5.74. The number of nitrogens with one attached hydrogen (secondary N) is 1. The molecule has 0 aliphatic heterocycles. The smallest absolute Gasteiger partial charge is 0.397 e. The molecule has 17 heavy (non-hydrogen) atoms. The van der Waals surface area contributed by atoms with E-state index in [-0.39, 0.29) is 6.61 Å². The van der Waals surface area contributed by atoms with Crippen molar-refractivity contribution in [1.29, 1.82) is 0 Å². The van der Waals surface area contributed by atoms with Crippen LogP contribution in [0.3, 0.4) is 0 Å². The van der Waals surface area contributed by atoms with Crippen LogP contribution in [-0.4, -0.2) is 25.0 Å². The first-order chi connectivity index (χ1) is 8.24. The van der Waals surface area contributed by atoms with E-state index >= 15 is 0 Å². The molecule has 0 unspecified atom stereocenters. The number of carbonyl (C=O) groups excluding carboxylic acids is 2. The topological polar surface area (TPSA) is 81.4 Å². The van der Waals surface area contributed by atoms with Crippen LogP contribution in [0.1, 0.15) is 12.0 Å². The highest BCUT2D eigenvalue weighted by molar-refractivity contribution is 6.32. The van der Waals surface area contributed by atoms with Gasteiger partial charge in [-0.1, -0.05) is 30.3 Å². The number of ether oxygens (including phenoxy) is 1. The normalized spacial score (nSPS) is 9.71. The number of amides is 1. The summed E-state index contributed by atoms with van der Waals surface area (Å²) in [4.78, 5) is 22.5. The van der Waals surface area contributed by atoms with Crippen LogP contribution in [0.2, 0.25) is 0 Å². The first kappa shape index (κ1) is 13.2. The molecule has 0 atom stereocenters. The molecule has 1 aromatic rings. The van der Waals surface area contributed by atoms with Crippen LogP contribution in [0.25, 0.3) is 0 Å². The standard InChI is InChI=1S/C12H16N2O3/c13-7-4-8-14-11(15)12(16)17-9-10-5-2-1-3-6-10/h1-3,5-6H,4,7-9,13H2,(H,14,15). The Morgan fingerprint density at radius 2 is 1.94 bits per heavy atom. The maximum Gasteiger partial charge on any atom is 0.397 e. The van der Waals surface area contributed by atoms with Gasteiger partial charge in [-0.15, -0.1) is 0 Å². The number of carbonyl (C=O) groups is 2. The maximum atomic E-state index is 11.2. The van der Waals surface area contributed by atoms with Crippen LogP contribution >= 0.6 is 0 Å². The fourth-order valence-corrected chi connectivity index (χ4v) is 1.16. The van der Waals surface area contributed by atoms with Gasteiger partial charge in [0.1, 0.15) is 6.61 Å². The lowest BCUT2D eigenvalue weighted by molar-refractivity contribution is -0.155. The summed E-state index contributed by atoms with van der Waals surface area (Å²) in [6.07, 6.45) is 0.637. The van der Waals surface area contributed by atoms with Crippen molar-refractivity contribution >= 4 is 11.9 Å². The summed E-state index contributed by atoms with van der Waals surface area (Å²) in [5.74, 6) is -1.60. The van der Waals surface area contributed by atoms with Crippen molar-refractivity contribution in [3.8, 4) is 0 Å². The van der Waals surface area contributed by atoms with Crippen molar-refractivity contribution in [3.05, 3.63) is 35.9 Å². The highest BCUT2D eigenvalue weighted by Gasteiger charge is 2.14. The average Bonchev–Trinajstić information content (AvgIpc) is 2.37. The van der Waals surface area contributed by atoms with Crippen molar-refractivity contribution < 1.29 is 14.3 Å². The van der Waals surface area contributed by atoms with Gasteiger partial charge in [0.05, 0.1) is 0 Å². The Labute approximate surface area is 99.9 Å². The van der Waals surface area contributed by atoms with E-state index in [1.165, 1.54) is 0 Å². The predicted octanol–water partition coefficient (Wildman–Crippen LogP) is 0.195. The molecule has 1 aromatic carbocycles. The van der Waals surface area contributed by atoms with Gasteiger partial charge in [-0.05, 0) is 18.5 Å². The lowest BCUT2D eigenvalue weighted by atomic mass is 10.2. The second-order valence-corrected chi connectivity index (χ2v) is 3.46.